The van der Waals surface area contributed by atoms with E-state index in [9.17, 15) is 0 Å². The molecule has 1 heterocycles. The third-order valence-corrected chi connectivity index (χ3v) is 4.35. The Morgan fingerprint density at radius 3 is 2.37 bits per heavy atom. The lowest BCUT2D eigenvalue weighted by Gasteiger charge is -2.36. The molecule has 0 aliphatic carbocycles. The Balaban J connectivity index is 2.50. The topological polar surface area (TPSA) is 18.5 Å². The Hall–Kier alpha value is -0.120. The highest BCUT2D eigenvalue weighted by molar-refractivity contribution is 4.84. The SMILES string of the molecule is CC(C)C(CNC(C)(C)C)N(C)CC1CCCN1C. The van der Waals surface area contributed by atoms with Crippen LogP contribution < -0.4 is 5.32 Å². The van der Waals surface area contributed by atoms with Gasteiger partial charge in [0, 0.05) is 30.7 Å². The lowest BCUT2D eigenvalue weighted by molar-refractivity contribution is 0.138. The van der Waals surface area contributed by atoms with Crippen LogP contribution in [0.2, 0.25) is 0 Å². The van der Waals surface area contributed by atoms with Crippen molar-refractivity contribution in [2.45, 2.75) is 65.1 Å². The summed E-state index contributed by atoms with van der Waals surface area (Å²) < 4.78 is 0. The van der Waals surface area contributed by atoms with E-state index in [1.807, 2.05) is 0 Å². The first-order valence-electron chi connectivity index (χ1n) is 7.86. The van der Waals surface area contributed by atoms with E-state index in [2.05, 4.69) is 63.8 Å². The zero-order valence-corrected chi connectivity index (χ0v) is 14.2. The molecule has 0 spiro atoms. The number of rotatable bonds is 6. The van der Waals surface area contributed by atoms with Gasteiger partial charge >= 0.3 is 0 Å². The molecule has 0 aromatic heterocycles. The van der Waals surface area contributed by atoms with Crippen molar-refractivity contribution in [1.29, 1.82) is 0 Å². The Morgan fingerprint density at radius 1 is 1.32 bits per heavy atom. The summed E-state index contributed by atoms with van der Waals surface area (Å²) in [6.07, 6.45) is 2.72. The first-order valence-corrected chi connectivity index (χ1v) is 7.86. The number of hydrogen-bond acceptors (Lipinski definition) is 3. The highest BCUT2D eigenvalue weighted by Crippen LogP contribution is 2.18. The van der Waals surface area contributed by atoms with Gasteiger partial charge < -0.3 is 15.1 Å². The zero-order valence-electron chi connectivity index (χ0n) is 14.2. The summed E-state index contributed by atoms with van der Waals surface area (Å²) in [6, 6.07) is 1.37. The van der Waals surface area contributed by atoms with Gasteiger partial charge in [-0.15, -0.1) is 0 Å². The predicted molar refractivity (Wildman–Crippen MR) is 84.7 cm³/mol. The van der Waals surface area contributed by atoms with E-state index in [0.29, 0.717) is 12.0 Å². The number of hydrogen-bond donors (Lipinski definition) is 1. The van der Waals surface area contributed by atoms with Gasteiger partial charge in [0.2, 0.25) is 0 Å². The molecular weight excluding hydrogens is 234 g/mol. The summed E-state index contributed by atoms with van der Waals surface area (Å²) in [6.45, 7) is 15.0. The second-order valence-electron chi connectivity index (χ2n) is 7.66. The molecule has 2 unspecified atom stereocenters. The van der Waals surface area contributed by atoms with Crippen molar-refractivity contribution in [3.8, 4) is 0 Å². The van der Waals surface area contributed by atoms with Crippen LogP contribution in [0.5, 0.6) is 0 Å². The van der Waals surface area contributed by atoms with Crippen LogP contribution in [0.4, 0.5) is 0 Å². The molecule has 0 amide bonds. The quantitative estimate of drug-likeness (QED) is 0.799. The Kier molecular flexibility index (Phi) is 6.28. The summed E-state index contributed by atoms with van der Waals surface area (Å²) >= 11 is 0. The molecule has 19 heavy (non-hydrogen) atoms. The van der Waals surface area contributed by atoms with Gasteiger partial charge in [-0.1, -0.05) is 13.8 Å². The predicted octanol–water partition coefficient (Wildman–Crippen LogP) is 2.43. The summed E-state index contributed by atoms with van der Waals surface area (Å²) in [5.74, 6) is 0.687. The molecule has 1 aliphatic heterocycles. The molecule has 2 atom stereocenters. The van der Waals surface area contributed by atoms with Crippen LogP contribution in [-0.2, 0) is 0 Å². The average molecular weight is 269 g/mol. The summed E-state index contributed by atoms with van der Waals surface area (Å²) in [7, 11) is 4.56. The number of nitrogens with one attached hydrogen (secondary N) is 1. The molecule has 1 rings (SSSR count). The fourth-order valence-electron chi connectivity index (χ4n) is 2.99. The van der Waals surface area contributed by atoms with Gasteiger partial charge in [-0.25, -0.2) is 0 Å². The van der Waals surface area contributed by atoms with E-state index in [0.717, 1.165) is 12.6 Å². The van der Waals surface area contributed by atoms with E-state index in [1.165, 1.54) is 25.9 Å². The van der Waals surface area contributed by atoms with Crippen molar-refractivity contribution in [1.82, 2.24) is 15.1 Å². The largest absolute Gasteiger partial charge is 0.311 e. The monoisotopic (exact) mass is 269 g/mol. The van der Waals surface area contributed by atoms with Gasteiger partial charge in [-0.05, 0) is 60.2 Å². The molecule has 0 aromatic rings. The Bertz CT molecular complexity index is 257. The lowest BCUT2D eigenvalue weighted by Crippen LogP contribution is -2.51. The lowest BCUT2D eigenvalue weighted by atomic mass is 10.00. The minimum atomic E-state index is 0.206. The van der Waals surface area contributed by atoms with Crippen LogP contribution in [0, 0.1) is 5.92 Å². The van der Waals surface area contributed by atoms with E-state index in [4.69, 9.17) is 0 Å². The van der Waals surface area contributed by atoms with Crippen LogP contribution in [-0.4, -0.2) is 61.2 Å². The fraction of sp³-hybridized carbons (Fsp3) is 1.00. The van der Waals surface area contributed by atoms with Crippen molar-refractivity contribution < 1.29 is 0 Å². The molecule has 0 radical (unpaired) electrons. The number of likely N-dealkylation sites (N-methyl/N-ethyl adjacent to an activating group) is 2. The van der Waals surface area contributed by atoms with E-state index in [1.54, 1.807) is 0 Å². The van der Waals surface area contributed by atoms with Gasteiger partial charge in [-0.3, -0.25) is 0 Å². The van der Waals surface area contributed by atoms with Crippen LogP contribution in [0.25, 0.3) is 0 Å². The van der Waals surface area contributed by atoms with Gasteiger partial charge in [0.25, 0.3) is 0 Å². The standard InChI is InChI=1S/C16H35N3/c1-13(2)15(11-17-16(3,4)5)19(7)12-14-9-8-10-18(14)6/h13-15,17H,8-12H2,1-7H3. The number of likely N-dealkylation sites (tertiary alicyclic amines) is 1. The third kappa shape index (κ3) is 5.80. The normalized spacial score (nSPS) is 23.5. The third-order valence-electron chi connectivity index (χ3n) is 4.35. The average Bonchev–Trinajstić information content (AvgIpc) is 2.62. The van der Waals surface area contributed by atoms with Crippen molar-refractivity contribution in [2.24, 2.45) is 5.92 Å². The Morgan fingerprint density at radius 2 is 1.95 bits per heavy atom. The summed E-state index contributed by atoms with van der Waals surface area (Å²) in [5, 5.41) is 3.67. The smallest absolute Gasteiger partial charge is 0.0241 e. The molecule has 1 saturated heterocycles. The molecule has 114 valence electrons. The first-order chi connectivity index (χ1) is 8.70. The van der Waals surface area contributed by atoms with Gasteiger partial charge in [0.15, 0.2) is 0 Å². The molecule has 1 fully saturated rings. The highest BCUT2D eigenvalue weighted by atomic mass is 15.2. The summed E-state index contributed by atoms with van der Waals surface area (Å²) in [4.78, 5) is 5.08. The molecule has 3 nitrogen and oxygen atoms in total. The van der Waals surface area contributed by atoms with Crippen LogP contribution >= 0.6 is 0 Å². The molecule has 0 saturated carbocycles. The van der Waals surface area contributed by atoms with E-state index >= 15 is 0 Å². The summed E-state index contributed by atoms with van der Waals surface area (Å²) in [5.41, 5.74) is 0.206. The van der Waals surface area contributed by atoms with Crippen molar-refractivity contribution in [2.75, 3.05) is 33.7 Å². The zero-order chi connectivity index (χ0) is 14.6. The van der Waals surface area contributed by atoms with E-state index < -0.39 is 0 Å². The van der Waals surface area contributed by atoms with Gasteiger partial charge in [-0.2, -0.15) is 0 Å². The van der Waals surface area contributed by atoms with Crippen LogP contribution in [0.3, 0.4) is 0 Å². The molecule has 1 N–H and O–H groups in total. The molecule has 1 aliphatic rings. The fourth-order valence-corrected chi connectivity index (χ4v) is 2.99. The van der Waals surface area contributed by atoms with Crippen molar-refractivity contribution in [3.63, 3.8) is 0 Å². The maximum Gasteiger partial charge on any atom is 0.0241 e. The molecule has 0 bridgehead atoms. The van der Waals surface area contributed by atoms with Crippen molar-refractivity contribution >= 4 is 0 Å². The highest BCUT2D eigenvalue weighted by Gasteiger charge is 2.27. The first kappa shape index (κ1) is 16.9. The van der Waals surface area contributed by atoms with E-state index in [-0.39, 0.29) is 5.54 Å². The van der Waals surface area contributed by atoms with Gasteiger partial charge in [0.1, 0.15) is 0 Å². The molecule has 0 aromatic carbocycles. The van der Waals surface area contributed by atoms with Crippen LogP contribution in [0.1, 0.15) is 47.5 Å². The second kappa shape index (κ2) is 7.05. The maximum absolute atomic E-state index is 3.67. The van der Waals surface area contributed by atoms with Gasteiger partial charge in [0.05, 0.1) is 0 Å². The van der Waals surface area contributed by atoms with Crippen LogP contribution in [0.15, 0.2) is 0 Å². The minimum absolute atomic E-state index is 0.206. The van der Waals surface area contributed by atoms with Crippen molar-refractivity contribution in [3.05, 3.63) is 0 Å². The molecule has 3 heteroatoms. The Labute approximate surface area is 120 Å². The maximum atomic E-state index is 3.67. The second-order valence-corrected chi connectivity index (χ2v) is 7.66. The molecular formula is C16H35N3. The minimum Gasteiger partial charge on any atom is -0.311 e. The number of nitrogens with zero attached hydrogens (tertiary/aromatic N) is 2.